The summed E-state index contributed by atoms with van der Waals surface area (Å²) in [6, 6.07) is 4.88. The van der Waals surface area contributed by atoms with E-state index in [1.54, 1.807) is 23.5 Å². The van der Waals surface area contributed by atoms with Crippen LogP contribution >= 0.6 is 11.3 Å². The van der Waals surface area contributed by atoms with Crippen LogP contribution in [0, 0.1) is 5.92 Å². The summed E-state index contributed by atoms with van der Waals surface area (Å²) in [6.45, 7) is -0.259. The van der Waals surface area contributed by atoms with Crippen LogP contribution in [0.15, 0.2) is 23.6 Å². The molecule has 2 aromatic rings. The van der Waals surface area contributed by atoms with Crippen LogP contribution in [0.5, 0.6) is 11.5 Å². The zero-order valence-electron chi connectivity index (χ0n) is 15.4. The van der Waals surface area contributed by atoms with Crippen LogP contribution in [0.3, 0.4) is 0 Å². The number of halogens is 2. The first-order chi connectivity index (χ1) is 13.0. The van der Waals surface area contributed by atoms with Crippen LogP contribution in [0.2, 0.25) is 0 Å². The van der Waals surface area contributed by atoms with Gasteiger partial charge in [0.25, 0.3) is 5.91 Å². The van der Waals surface area contributed by atoms with Gasteiger partial charge in [0.1, 0.15) is 0 Å². The van der Waals surface area contributed by atoms with E-state index in [4.69, 9.17) is 4.74 Å². The molecule has 0 saturated heterocycles. The maximum Gasteiger partial charge on any atom is 0.387 e. The number of benzene rings is 1. The molecular weight excluding hydrogens is 372 g/mol. The Morgan fingerprint density at radius 1 is 1.37 bits per heavy atom. The maximum atomic E-state index is 12.5. The van der Waals surface area contributed by atoms with Crippen LogP contribution in [0.25, 0.3) is 0 Å². The predicted molar refractivity (Wildman–Crippen MR) is 101 cm³/mol. The third kappa shape index (κ3) is 4.77. The summed E-state index contributed by atoms with van der Waals surface area (Å²) in [4.78, 5) is 13.8. The lowest BCUT2D eigenvalue weighted by molar-refractivity contribution is -0.0512. The fraction of sp³-hybridized carbons (Fsp3) is 0.450. The number of hydrogen-bond donors (Lipinski definition) is 1. The average molecular weight is 395 g/mol. The predicted octanol–water partition coefficient (Wildman–Crippen LogP) is 4.46. The van der Waals surface area contributed by atoms with Crippen molar-refractivity contribution in [2.24, 2.45) is 5.92 Å². The number of methoxy groups -OCH3 is 1. The van der Waals surface area contributed by atoms with Gasteiger partial charge in [-0.25, -0.2) is 0 Å². The van der Waals surface area contributed by atoms with E-state index in [-0.39, 0.29) is 17.4 Å². The quantitative estimate of drug-likeness (QED) is 0.753. The number of amides is 1. The van der Waals surface area contributed by atoms with Gasteiger partial charge < -0.3 is 14.8 Å². The summed E-state index contributed by atoms with van der Waals surface area (Å²) >= 11 is 1.66. The van der Waals surface area contributed by atoms with Gasteiger partial charge in [-0.3, -0.25) is 4.79 Å². The summed E-state index contributed by atoms with van der Waals surface area (Å²) in [7, 11) is 1.40. The highest BCUT2D eigenvalue weighted by atomic mass is 32.1. The minimum Gasteiger partial charge on any atom is -0.493 e. The molecule has 7 heteroatoms. The first-order valence-corrected chi connectivity index (χ1v) is 9.85. The summed E-state index contributed by atoms with van der Waals surface area (Å²) in [5.74, 6) is 0.853. The van der Waals surface area contributed by atoms with Crippen molar-refractivity contribution in [3.63, 3.8) is 0 Å². The van der Waals surface area contributed by atoms with Crippen LogP contribution in [0.4, 0.5) is 8.78 Å². The molecule has 1 N–H and O–H groups in total. The summed E-state index contributed by atoms with van der Waals surface area (Å²) in [5, 5.41) is 4.88. The molecule has 0 fully saturated rings. The van der Waals surface area contributed by atoms with Crippen molar-refractivity contribution in [2.75, 3.05) is 13.7 Å². The smallest absolute Gasteiger partial charge is 0.387 e. The van der Waals surface area contributed by atoms with Crippen LogP contribution in [-0.4, -0.2) is 26.2 Å². The summed E-state index contributed by atoms with van der Waals surface area (Å²) in [6.07, 6.45) is 3.63. The van der Waals surface area contributed by atoms with Gasteiger partial charge in [-0.1, -0.05) is 13.0 Å². The number of thiophene rings is 1. The van der Waals surface area contributed by atoms with Gasteiger partial charge in [0.05, 0.1) is 12.7 Å². The van der Waals surface area contributed by atoms with E-state index in [0.29, 0.717) is 18.9 Å². The number of alkyl halides is 2. The number of fused-ring (bicyclic) bond motifs is 1. The monoisotopic (exact) mass is 395 g/mol. The number of nitrogens with one attached hydrogen (secondary N) is 1. The molecule has 1 heterocycles. The molecule has 1 aliphatic rings. The summed E-state index contributed by atoms with van der Waals surface area (Å²) < 4.78 is 34.5. The molecular formula is C20H23F2NO3S. The standard InChI is InChI=1S/C20H23F2NO3S/c1-12-3-5-14-15(11-27-18(14)9-12)19(24)23-8-7-13-4-6-16(25-2)17(10-13)26-20(21)22/h4,6,10-12,20H,3,5,7-9H2,1-2H3,(H,23,24). The Morgan fingerprint density at radius 2 is 2.19 bits per heavy atom. The molecule has 0 aliphatic heterocycles. The molecule has 0 radical (unpaired) electrons. The van der Waals surface area contributed by atoms with Gasteiger partial charge in [-0.15, -0.1) is 11.3 Å². The number of rotatable bonds is 7. The molecule has 1 aromatic carbocycles. The third-order valence-corrected chi connectivity index (χ3v) is 5.84. The zero-order chi connectivity index (χ0) is 19.4. The molecule has 1 unspecified atom stereocenters. The van der Waals surface area contributed by atoms with Crippen LogP contribution in [0.1, 0.15) is 39.7 Å². The maximum absolute atomic E-state index is 12.5. The largest absolute Gasteiger partial charge is 0.493 e. The van der Waals surface area contributed by atoms with E-state index < -0.39 is 6.61 Å². The number of ether oxygens (including phenoxy) is 2. The Morgan fingerprint density at radius 3 is 2.93 bits per heavy atom. The van der Waals surface area contributed by atoms with Crippen molar-refractivity contribution >= 4 is 17.2 Å². The van der Waals surface area contributed by atoms with Crippen molar-refractivity contribution in [1.29, 1.82) is 0 Å². The van der Waals surface area contributed by atoms with Gasteiger partial charge >= 0.3 is 6.61 Å². The van der Waals surface area contributed by atoms with E-state index in [0.717, 1.165) is 30.4 Å². The first-order valence-electron chi connectivity index (χ1n) is 8.97. The molecule has 146 valence electrons. The van der Waals surface area contributed by atoms with Gasteiger partial charge in [0.2, 0.25) is 0 Å². The van der Waals surface area contributed by atoms with E-state index in [2.05, 4.69) is 17.0 Å². The normalized spacial score (nSPS) is 16.1. The lowest BCUT2D eigenvalue weighted by Crippen LogP contribution is -2.26. The van der Waals surface area contributed by atoms with Crippen molar-refractivity contribution in [1.82, 2.24) is 5.32 Å². The highest BCUT2D eigenvalue weighted by Gasteiger charge is 2.23. The van der Waals surface area contributed by atoms with Crippen molar-refractivity contribution in [3.8, 4) is 11.5 Å². The van der Waals surface area contributed by atoms with Gasteiger partial charge in [0, 0.05) is 16.8 Å². The molecule has 3 rings (SSSR count). The highest BCUT2D eigenvalue weighted by molar-refractivity contribution is 7.10. The topological polar surface area (TPSA) is 47.6 Å². The SMILES string of the molecule is COc1ccc(CCNC(=O)c2csc3c2CCC(C)C3)cc1OC(F)F. The Labute approximate surface area is 161 Å². The number of carbonyl (C=O) groups excluding carboxylic acids is 1. The average Bonchev–Trinajstić information content (AvgIpc) is 3.04. The highest BCUT2D eigenvalue weighted by Crippen LogP contribution is 2.33. The van der Waals surface area contributed by atoms with Crippen molar-refractivity contribution < 1.29 is 23.0 Å². The van der Waals surface area contributed by atoms with E-state index >= 15 is 0 Å². The van der Waals surface area contributed by atoms with E-state index in [1.165, 1.54) is 23.6 Å². The lowest BCUT2D eigenvalue weighted by Gasteiger charge is -2.18. The molecule has 27 heavy (non-hydrogen) atoms. The summed E-state index contributed by atoms with van der Waals surface area (Å²) in [5.41, 5.74) is 2.75. The molecule has 0 saturated carbocycles. The Bertz CT molecular complexity index is 807. The Balaban J connectivity index is 1.59. The molecule has 1 atom stereocenters. The number of carbonyl (C=O) groups is 1. The van der Waals surface area contributed by atoms with Crippen molar-refractivity contribution in [3.05, 3.63) is 45.1 Å². The molecule has 0 bridgehead atoms. The lowest BCUT2D eigenvalue weighted by atomic mass is 9.88. The van der Waals surface area contributed by atoms with Crippen LogP contribution in [-0.2, 0) is 19.3 Å². The molecule has 0 spiro atoms. The van der Waals surface area contributed by atoms with Gasteiger partial charge in [0.15, 0.2) is 11.5 Å². The Kier molecular flexibility index (Phi) is 6.31. The molecule has 4 nitrogen and oxygen atoms in total. The minimum atomic E-state index is -2.92. The van der Waals surface area contributed by atoms with Crippen molar-refractivity contribution in [2.45, 2.75) is 39.2 Å². The zero-order valence-corrected chi connectivity index (χ0v) is 16.2. The van der Waals surface area contributed by atoms with Crippen LogP contribution < -0.4 is 14.8 Å². The fourth-order valence-electron chi connectivity index (χ4n) is 3.35. The molecule has 1 aromatic heterocycles. The second kappa shape index (κ2) is 8.69. The third-order valence-electron chi connectivity index (χ3n) is 4.79. The first kappa shape index (κ1) is 19.6. The van der Waals surface area contributed by atoms with Gasteiger partial charge in [-0.2, -0.15) is 8.78 Å². The van der Waals surface area contributed by atoms with Gasteiger partial charge in [-0.05, 0) is 54.9 Å². The number of hydrogen-bond acceptors (Lipinski definition) is 4. The second-order valence-electron chi connectivity index (χ2n) is 6.77. The fourth-order valence-corrected chi connectivity index (χ4v) is 4.59. The minimum absolute atomic E-state index is 0.00245. The second-order valence-corrected chi connectivity index (χ2v) is 7.73. The van der Waals surface area contributed by atoms with E-state index in [1.807, 2.05) is 5.38 Å². The Hall–Kier alpha value is -2.15. The molecule has 1 aliphatic carbocycles. The molecule has 1 amide bonds. The van der Waals surface area contributed by atoms with E-state index in [9.17, 15) is 13.6 Å².